The van der Waals surface area contributed by atoms with E-state index < -0.39 is 24.5 Å². The summed E-state index contributed by atoms with van der Waals surface area (Å²) < 4.78 is 41.7. The summed E-state index contributed by atoms with van der Waals surface area (Å²) in [6.07, 6.45) is -4.31. The second-order valence-corrected chi connectivity index (χ2v) is 5.38. The lowest BCUT2D eigenvalue weighted by molar-refractivity contribution is -0.0576. The Labute approximate surface area is 126 Å². The monoisotopic (exact) mass is 313 g/mol. The van der Waals surface area contributed by atoms with Crippen LogP contribution in [0.25, 0.3) is 0 Å². The highest BCUT2D eigenvalue weighted by Crippen LogP contribution is 2.39. The third-order valence-electron chi connectivity index (χ3n) is 3.84. The number of halogens is 2. The van der Waals surface area contributed by atoms with Gasteiger partial charge in [0.1, 0.15) is 18.8 Å². The van der Waals surface area contributed by atoms with E-state index in [2.05, 4.69) is 5.32 Å². The fourth-order valence-corrected chi connectivity index (χ4v) is 2.57. The first kappa shape index (κ1) is 15.2. The number of amides is 1. The van der Waals surface area contributed by atoms with E-state index in [-0.39, 0.29) is 25.4 Å². The smallest absolute Gasteiger partial charge is 0.407 e. The molecule has 2 heterocycles. The van der Waals surface area contributed by atoms with Crippen LogP contribution in [0, 0.1) is 5.92 Å². The summed E-state index contributed by atoms with van der Waals surface area (Å²) in [6, 6.07) is 9.13. The van der Waals surface area contributed by atoms with Crippen molar-refractivity contribution in [2.75, 3.05) is 13.2 Å². The molecule has 0 spiro atoms. The molecular weight excluding hydrogens is 296 g/mol. The average Bonchev–Trinajstić information content (AvgIpc) is 3.19. The third kappa shape index (κ3) is 3.53. The van der Waals surface area contributed by atoms with Crippen LogP contribution in [0.3, 0.4) is 0 Å². The van der Waals surface area contributed by atoms with Crippen LogP contribution in [0.5, 0.6) is 0 Å². The summed E-state index contributed by atoms with van der Waals surface area (Å²) in [5.74, 6) is -1.10. The van der Waals surface area contributed by atoms with Gasteiger partial charge in [0.05, 0.1) is 18.6 Å². The Hall–Kier alpha value is -1.73. The Morgan fingerprint density at radius 1 is 1.36 bits per heavy atom. The molecule has 0 bridgehead atoms. The van der Waals surface area contributed by atoms with Gasteiger partial charge in [-0.3, -0.25) is 0 Å². The Balaban J connectivity index is 1.44. The van der Waals surface area contributed by atoms with Gasteiger partial charge >= 0.3 is 6.09 Å². The molecule has 3 rings (SSSR count). The number of alkyl halides is 2. The number of carbonyl (C=O) groups is 1. The normalized spacial score (nSPS) is 27.3. The van der Waals surface area contributed by atoms with Gasteiger partial charge in [-0.2, -0.15) is 0 Å². The van der Waals surface area contributed by atoms with Gasteiger partial charge in [0.15, 0.2) is 0 Å². The van der Waals surface area contributed by atoms with Gasteiger partial charge in [-0.1, -0.05) is 30.3 Å². The average molecular weight is 313 g/mol. The number of hydrogen-bond acceptors (Lipinski definition) is 4. The molecule has 2 aliphatic heterocycles. The lowest BCUT2D eigenvalue weighted by Gasteiger charge is -2.23. The Bertz CT molecular complexity index is 514. The first-order valence-electron chi connectivity index (χ1n) is 7.15. The minimum Gasteiger partial charge on any atom is -0.445 e. The summed E-state index contributed by atoms with van der Waals surface area (Å²) in [7, 11) is 0. The van der Waals surface area contributed by atoms with Gasteiger partial charge < -0.3 is 19.5 Å². The molecule has 1 aromatic rings. The van der Waals surface area contributed by atoms with Crippen molar-refractivity contribution in [2.24, 2.45) is 5.92 Å². The highest BCUT2D eigenvalue weighted by atomic mass is 19.3. The highest BCUT2D eigenvalue weighted by Gasteiger charge is 2.55. The molecule has 0 unspecified atom stereocenters. The minimum atomic E-state index is -2.60. The molecule has 0 aromatic heterocycles. The van der Waals surface area contributed by atoms with Crippen molar-refractivity contribution in [3.8, 4) is 0 Å². The van der Waals surface area contributed by atoms with Crippen molar-refractivity contribution in [1.29, 1.82) is 0 Å². The van der Waals surface area contributed by atoms with Gasteiger partial charge in [-0.05, 0) is 5.56 Å². The minimum absolute atomic E-state index is 0.0590. The first-order chi connectivity index (χ1) is 10.6. The Kier molecular flexibility index (Phi) is 4.54. The number of nitrogens with one attached hydrogen (secondary N) is 1. The maximum atomic E-state index is 13.1. The summed E-state index contributed by atoms with van der Waals surface area (Å²) in [5.41, 5.74) is 0.830. The zero-order chi connectivity index (χ0) is 15.5. The summed E-state index contributed by atoms with van der Waals surface area (Å²) in [6.45, 7) is 0.235. The van der Waals surface area contributed by atoms with Crippen LogP contribution in [0.2, 0.25) is 0 Å². The van der Waals surface area contributed by atoms with E-state index in [0.29, 0.717) is 6.61 Å². The lowest BCUT2D eigenvalue weighted by Crippen LogP contribution is -2.41. The number of rotatable bonds is 6. The number of epoxide rings is 1. The number of alkyl carbamates (subject to hydrolysis) is 1. The van der Waals surface area contributed by atoms with E-state index in [4.69, 9.17) is 14.2 Å². The van der Waals surface area contributed by atoms with Crippen LogP contribution >= 0.6 is 0 Å². The standard InChI is InChI=1S/C15H17F2NO4/c16-14(17)10(12-13-11(22-13)8-20-12)6-18-15(19)21-7-9-4-2-1-3-5-9/h1-5,10-14H,6-8H2,(H,18,19)/t10-,11+,12-,13+/m1/s1. The molecule has 1 aromatic carbocycles. The fourth-order valence-electron chi connectivity index (χ4n) is 2.57. The van der Waals surface area contributed by atoms with Crippen molar-refractivity contribution >= 4 is 6.09 Å². The Morgan fingerprint density at radius 3 is 2.73 bits per heavy atom. The molecular formula is C15H17F2NO4. The molecule has 1 amide bonds. The highest BCUT2D eigenvalue weighted by molar-refractivity contribution is 5.67. The van der Waals surface area contributed by atoms with Crippen LogP contribution in [0.1, 0.15) is 5.56 Å². The van der Waals surface area contributed by atoms with Crippen molar-refractivity contribution < 1.29 is 27.8 Å². The maximum Gasteiger partial charge on any atom is 0.407 e. The van der Waals surface area contributed by atoms with Crippen molar-refractivity contribution in [3.63, 3.8) is 0 Å². The molecule has 0 saturated carbocycles. The van der Waals surface area contributed by atoms with E-state index in [9.17, 15) is 13.6 Å². The van der Waals surface area contributed by atoms with E-state index in [0.717, 1.165) is 5.56 Å². The second kappa shape index (κ2) is 6.58. The maximum absolute atomic E-state index is 13.1. The number of hydrogen-bond donors (Lipinski definition) is 1. The summed E-state index contributed by atoms with van der Waals surface area (Å²) in [5, 5.41) is 2.37. The second-order valence-electron chi connectivity index (χ2n) is 5.38. The molecule has 2 fully saturated rings. The van der Waals surface area contributed by atoms with E-state index in [1.165, 1.54) is 0 Å². The quantitative estimate of drug-likeness (QED) is 0.816. The van der Waals surface area contributed by atoms with Gasteiger partial charge in [0, 0.05) is 6.54 Å². The molecule has 120 valence electrons. The molecule has 1 N–H and O–H groups in total. The summed E-state index contributed by atoms with van der Waals surface area (Å²) >= 11 is 0. The van der Waals surface area contributed by atoms with Crippen LogP contribution in [0.15, 0.2) is 30.3 Å². The summed E-state index contributed by atoms with van der Waals surface area (Å²) in [4.78, 5) is 11.6. The number of carbonyl (C=O) groups excluding carboxylic acids is 1. The van der Waals surface area contributed by atoms with Crippen LogP contribution in [0.4, 0.5) is 13.6 Å². The number of ether oxygens (including phenoxy) is 3. The molecule has 2 aliphatic rings. The fraction of sp³-hybridized carbons (Fsp3) is 0.533. The molecule has 5 nitrogen and oxygen atoms in total. The molecule has 4 atom stereocenters. The Morgan fingerprint density at radius 2 is 2.14 bits per heavy atom. The van der Waals surface area contributed by atoms with Crippen LogP contribution in [-0.4, -0.2) is 44.0 Å². The van der Waals surface area contributed by atoms with Crippen molar-refractivity contribution in [2.45, 2.75) is 31.3 Å². The molecule has 0 aliphatic carbocycles. The van der Waals surface area contributed by atoms with Gasteiger partial charge in [-0.15, -0.1) is 0 Å². The zero-order valence-electron chi connectivity index (χ0n) is 11.8. The number of benzene rings is 1. The number of fused-ring (bicyclic) bond motifs is 1. The van der Waals surface area contributed by atoms with E-state index >= 15 is 0 Å². The van der Waals surface area contributed by atoms with E-state index in [1.54, 1.807) is 0 Å². The molecule has 2 saturated heterocycles. The lowest BCUT2D eigenvalue weighted by atomic mass is 10.0. The van der Waals surface area contributed by atoms with E-state index in [1.807, 2.05) is 30.3 Å². The molecule has 0 radical (unpaired) electrons. The van der Waals surface area contributed by atoms with Crippen molar-refractivity contribution in [3.05, 3.63) is 35.9 Å². The predicted molar refractivity (Wildman–Crippen MR) is 72.5 cm³/mol. The van der Waals surface area contributed by atoms with Crippen molar-refractivity contribution in [1.82, 2.24) is 5.32 Å². The SMILES string of the molecule is O=C(NC[C@@H](C(F)F)[C@H]1OC[C@@H]2O[C@H]12)OCc1ccccc1. The third-order valence-corrected chi connectivity index (χ3v) is 3.84. The van der Waals surface area contributed by atoms with Gasteiger partial charge in [-0.25, -0.2) is 13.6 Å². The topological polar surface area (TPSA) is 60.1 Å². The first-order valence-corrected chi connectivity index (χ1v) is 7.15. The van der Waals surface area contributed by atoms with Crippen LogP contribution in [-0.2, 0) is 20.8 Å². The van der Waals surface area contributed by atoms with Crippen LogP contribution < -0.4 is 5.32 Å². The molecule has 22 heavy (non-hydrogen) atoms. The van der Waals surface area contributed by atoms with Gasteiger partial charge in [0.25, 0.3) is 0 Å². The zero-order valence-corrected chi connectivity index (χ0v) is 11.8. The predicted octanol–water partition coefficient (Wildman–Crippen LogP) is 1.96. The largest absolute Gasteiger partial charge is 0.445 e. The molecule has 7 heteroatoms. The van der Waals surface area contributed by atoms with Gasteiger partial charge in [0.2, 0.25) is 6.43 Å².